The largest absolute Gasteiger partial charge is 0.463 e. The van der Waals surface area contributed by atoms with Crippen LogP contribution in [0.2, 0.25) is 0 Å². The van der Waals surface area contributed by atoms with Gasteiger partial charge in [0.05, 0.1) is 5.69 Å². The van der Waals surface area contributed by atoms with Crippen LogP contribution < -0.4 is 0 Å². The summed E-state index contributed by atoms with van der Waals surface area (Å²) in [7, 11) is 2.02. The molecule has 2 rings (SSSR count). The number of hydrogen-bond acceptors (Lipinski definition) is 5. The third-order valence-electron chi connectivity index (χ3n) is 3.42. The number of nitrogens with zero attached hydrogens (tertiary/aromatic N) is 2. The first kappa shape index (κ1) is 12.1. The van der Waals surface area contributed by atoms with Crippen LogP contribution in [0.25, 0.3) is 0 Å². The monoisotopic (exact) mass is 238 g/mol. The lowest BCUT2D eigenvalue weighted by molar-refractivity contribution is -0.145. The van der Waals surface area contributed by atoms with Gasteiger partial charge in [-0.25, -0.2) is 0 Å². The van der Waals surface area contributed by atoms with Gasteiger partial charge in [0.2, 0.25) is 0 Å². The van der Waals surface area contributed by atoms with Crippen LogP contribution in [0.1, 0.15) is 31.2 Å². The lowest BCUT2D eigenvalue weighted by Crippen LogP contribution is -2.42. The van der Waals surface area contributed by atoms with Crippen molar-refractivity contribution >= 4 is 5.97 Å². The van der Waals surface area contributed by atoms with Gasteiger partial charge in [0.1, 0.15) is 12.1 Å². The second-order valence-electron chi connectivity index (χ2n) is 4.67. The van der Waals surface area contributed by atoms with Gasteiger partial charge in [0.25, 0.3) is 0 Å². The molecule has 0 spiro atoms. The lowest BCUT2D eigenvalue weighted by atomic mass is 9.94. The van der Waals surface area contributed by atoms with Crippen LogP contribution in [-0.2, 0) is 15.1 Å². The summed E-state index contributed by atoms with van der Waals surface area (Å²) in [5, 5.41) is 3.93. The van der Waals surface area contributed by atoms with Gasteiger partial charge in [-0.2, -0.15) is 0 Å². The predicted octanol–water partition coefficient (Wildman–Crippen LogP) is 1.47. The minimum atomic E-state index is -0.340. The summed E-state index contributed by atoms with van der Waals surface area (Å²) in [4.78, 5) is 13.2. The number of aryl methyl sites for hydroxylation is 1. The molecule has 17 heavy (non-hydrogen) atoms. The van der Waals surface area contributed by atoms with Crippen LogP contribution in [-0.4, -0.2) is 36.2 Å². The first-order chi connectivity index (χ1) is 8.04. The van der Waals surface area contributed by atoms with Gasteiger partial charge in [-0.15, -0.1) is 0 Å². The van der Waals surface area contributed by atoms with E-state index in [0.717, 1.165) is 30.8 Å². The van der Waals surface area contributed by atoms with Crippen molar-refractivity contribution in [2.45, 2.75) is 32.2 Å². The number of likely N-dealkylation sites (tertiary alicyclic amines) is 1. The van der Waals surface area contributed by atoms with Crippen molar-refractivity contribution in [1.29, 1.82) is 0 Å². The van der Waals surface area contributed by atoms with E-state index < -0.39 is 0 Å². The second-order valence-corrected chi connectivity index (χ2v) is 4.67. The summed E-state index contributed by atoms with van der Waals surface area (Å²) >= 11 is 0. The SMILES string of the molecule is CC(=O)OC[C@@]1(c2cc(C)no2)CCCN1C. The van der Waals surface area contributed by atoms with Crippen LogP contribution >= 0.6 is 0 Å². The summed E-state index contributed by atoms with van der Waals surface area (Å²) < 4.78 is 10.6. The molecule has 0 bridgehead atoms. The summed E-state index contributed by atoms with van der Waals surface area (Å²) in [6.07, 6.45) is 1.99. The smallest absolute Gasteiger partial charge is 0.302 e. The molecule has 1 aromatic heterocycles. The number of carbonyl (C=O) groups excluding carboxylic acids is 1. The van der Waals surface area contributed by atoms with E-state index in [0.29, 0.717) is 6.61 Å². The topological polar surface area (TPSA) is 55.6 Å². The Bertz CT molecular complexity index is 416. The average molecular weight is 238 g/mol. The Hall–Kier alpha value is -1.36. The molecule has 94 valence electrons. The van der Waals surface area contributed by atoms with Crippen molar-refractivity contribution in [2.24, 2.45) is 0 Å². The van der Waals surface area contributed by atoms with Gasteiger partial charge in [-0.3, -0.25) is 9.69 Å². The molecule has 0 aromatic carbocycles. The Morgan fingerprint density at radius 2 is 2.47 bits per heavy atom. The van der Waals surface area contributed by atoms with Gasteiger partial charge < -0.3 is 9.26 Å². The van der Waals surface area contributed by atoms with Gasteiger partial charge in [-0.1, -0.05) is 5.16 Å². The standard InChI is InChI=1S/C12H18N2O3/c1-9-7-11(17-13-9)12(8-16-10(2)15)5-4-6-14(12)3/h7H,4-6,8H2,1-3H3/t12-/m1/s1. The Morgan fingerprint density at radius 3 is 2.94 bits per heavy atom. The highest BCUT2D eigenvalue weighted by atomic mass is 16.5. The Labute approximate surface area is 101 Å². The van der Waals surface area contributed by atoms with E-state index in [1.807, 2.05) is 20.0 Å². The van der Waals surface area contributed by atoms with Gasteiger partial charge in [0.15, 0.2) is 5.76 Å². The van der Waals surface area contributed by atoms with Crippen LogP contribution in [0.3, 0.4) is 0 Å². The Balaban J connectivity index is 2.27. The molecular weight excluding hydrogens is 220 g/mol. The molecule has 5 nitrogen and oxygen atoms in total. The van der Waals surface area contributed by atoms with E-state index >= 15 is 0 Å². The molecule has 1 saturated heterocycles. The first-order valence-corrected chi connectivity index (χ1v) is 5.83. The van der Waals surface area contributed by atoms with Crippen LogP contribution in [0.15, 0.2) is 10.6 Å². The van der Waals surface area contributed by atoms with Crippen molar-refractivity contribution in [3.8, 4) is 0 Å². The van der Waals surface area contributed by atoms with E-state index in [1.54, 1.807) is 0 Å². The van der Waals surface area contributed by atoms with E-state index in [2.05, 4.69) is 10.1 Å². The zero-order chi connectivity index (χ0) is 12.5. The number of rotatable bonds is 3. The van der Waals surface area contributed by atoms with Crippen molar-refractivity contribution < 1.29 is 14.1 Å². The van der Waals surface area contributed by atoms with Gasteiger partial charge in [-0.05, 0) is 33.4 Å². The lowest BCUT2D eigenvalue weighted by Gasteiger charge is -2.32. The van der Waals surface area contributed by atoms with Gasteiger partial charge >= 0.3 is 5.97 Å². The maximum absolute atomic E-state index is 11.0. The number of aromatic nitrogens is 1. The molecule has 0 unspecified atom stereocenters. The fourth-order valence-electron chi connectivity index (χ4n) is 2.38. The quantitative estimate of drug-likeness (QED) is 0.746. The molecular formula is C12H18N2O3. The molecule has 0 saturated carbocycles. The number of hydrogen-bond donors (Lipinski definition) is 0. The van der Waals surface area contributed by atoms with Crippen LogP contribution in [0, 0.1) is 6.92 Å². The predicted molar refractivity (Wildman–Crippen MR) is 61.4 cm³/mol. The highest BCUT2D eigenvalue weighted by Gasteiger charge is 2.44. The number of likely N-dealkylation sites (N-methyl/N-ethyl adjacent to an activating group) is 1. The van der Waals surface area contributed by atoms with E-state index in [4.69, 9.17) is 9.26 Å². The zero-order valence-electron chi connectivity index (χ0n) is 10.5. The zero-order valence-corrected chi connectivity index (χ0v) is 10.5. The highest BCUT2D eigenvalue weighted by Crippen LogP contribution is 2.38. The maximum Gasteiger partial charge on any atom is 0.302 e. The third kappa shape index (κ3) is 2.20. The fourth-order valence-corrected chi connectivity index (χ4v) is 2.38. The molecule has 0 aliphatic carbocycles. The van der Waals surface area contributed by atoms with E-state index in [1.165, 1.54) is 6.92 Å². The number of carbonyl (C=O) groups is 1. The highest BCUT2D eigenvalue weighted by molar-refractivity contribution is 5.66. The molecule has 0 N–H and O–H groups in total. The van der Waals surface area contributed by atoms with Crippen molar-refractivity contribution in [1.82, 2.24) is 10.1 Å². The molecule has 1 atom stereocenters. The van der Waals surface area contributed by atoms with E-state index in [-0.39, 0.29) is 11.5 Å². The summed E-state index contributed by atoms with van der Waals surface area (Å²) in [6.45, 7) is 4.62. The third-order valence-corrected chi connectivity index (χ3v) is 3.42. The summed E-state index contributed by atoms with van der Waals surface area (Å²) in [5.74, 6) is 0.525. The molecule has 1 aliphatic heterocycles. The molecule has 0 amide bonds. The molecule has 1 aromatic rings. The Kier molecular flexibility index (Phi) is 3.19. The van der Waals surface area contributed by atoms with Crippen LogP contribution in [0.5, 0.6) is 0 Å². The molecule has 1 aliphatic rings. The Morgan fingerprint density at radius 1 is 1.71 bits per heavy atom. The van der Waals surface area contributed by atoms with Crippen molar-refractivity contribution in [2.75, 3.05) is 20.2 Å². The normalized spacial score (nSPS) is 25.1. The average Bonchev–Trinajstić information content (AvgIpc) is 2.83. The summed E-state index contributed by atoms with van der Waals surface area (Å²) in [5.41, 5.74) is 0.509. The molecule has 5 heteroatoms. The minimum Gasteiger partial charge on any atom is -0.463 e. The van der Waals surface area contributed by atoms with Gasteiger partial charge in [0, 0.05) is 13.0 Å². The number of esters is 1. The van der Waals surface area contributed by atoms with E-state index in [9.17, 15) is 4.79 Å². The second kappa shape index (κ2) is 4.49. The maximum atomic E-state index is 11.0. The summed E-state index contributed by atoms with van der Waals surface area (Å²) in [6, 6.07) is 1.92. The van der Waals surface area contributed by atoms with Crippen molar-refractivity contribution in [3.63, 3.8) is 0 Å². The molecule has 0 radical (unpaired) electrons. The molecule has 1 fully saturated rings. The fraction of sp³-hybridized carbons (Fsp3) is 0.667. The minimum absolute atomic E-state index is 0.263. The number of ether oxygens (including phenoxy) is 1. The van der Waals surface area contributed by atoms with Crippen LogP contribution in [0.4, 0.5) is 0 Å². The van der Waals surface area contributed by atoms with Crippen molar-refractivity contribution in [3.05, 3.63) is 17.5 Å². The molecule has 2 heterocycles. The first-order valence-electron chi connectivity index (χ1n) is 5.83.